The summed E-state index contributed by atoms with van der Waals surface area (Å²) in [6.07, 6.45) is 0. The fourth-order valence-corrected chi connectivity index (χ4v) is 1.51. The zero-order chi connectivity index (χ0) is 12.0. The monoisotopic (exact) mass is 242 g/mol. The average molecular weight is 243 g/mol. The van der Waals surface area contributed by atoms with Crippen molar-refractivity contribution in [1.82, 2.24) is 19.1 Å². The Balaban J connectivity index is 3.22. The Morgan fingerprint density at radius 2 is 1.81 bits per heavy atom. The fourth-order valence-electron chi connectivity index (χ4n) is 1.38. The smallest absolute Gasteiger partial charge is 0.304 e. The molecule has 0 aliphatic carbocycles. The number of hydrogen-bond donors (Lipinski definition) is 1. The summed E-state index contributed by atoms with van der Waals surface area (Å²) in [6.45, 7) is 0. The highest BCUT2D eigenvalue weighted by Gasteiger charge is 2.12. The van der Waals surface area contributed by atoms with Crippen LogP contribution in [0, 0.1) is 0 Å². The van der Waals surface area contributed by atoms with Crippen LogP contribution < -0.4 is 16.8 Å². The van der Waals surface area contributed by atoms with Gasteiger partial charge in [-0.3, -0.25) is 18.7 Å². The van der Waals surface area contributed by atoms with Gasteiger partial charge in [-0.1, -0.05) is 11.6 Å². The quantitative estimate of drug-likeness (QED) is 0.640. The molecule has 2 aromatic rings. The number of H-pyrrole nitrogens is 1. The van der Waals surface area contributed by atoms with Crippen LogP contribution >= 0.6 is 11.6 Å². The second kappa shape index (κ2) is 3.31. The van der Waals surface area contributed by atoms with Crippen LogP contribution in [0.25, 0.3) is 11.2 Å². The van der Waals surface area contributed by atoms with Gasteiger partial charge in [0.25, 0.3) is 11.1 Å². The number of fused-ring (bicyclic) bond motifs is 1. The highest BCUT2D eigenvalue weighted by atomic mass is 35.5. The molecule has 0 aliphatic heterocycles. The maximum atomic E-state index is 11.7. The lowest BCUT2D eigenvalue weighted by Crippen LogP contribution is -2.38. The van der Waals surface area contributed by atoms with Crippen LogP contribution in [0.4, 0.5) is 0 Å². The van der Waals surface area contributed by atoms with E-state index in [1.165, 1.54) is 14.1 Å². The minimum Gasteiger partial charge on any atom is -0.304 e. The minimum atomic E-state index is -0.641. The number of aromatic amines is 1. The molecule has 2 aromatic heterocycles. The molecule has 0 aliphatic rings. The number of hydrogen-bond acceptors (Lipinski definition) is 4. The molecule has 0 saturated carbocycles. The molecule has 0 unspecified atom stereocenters. The van der Waals surface area contributed by atoms with Crippen LogP contribution in [0.15, 0.2) is 14.4 Å². The summed E-state index contributed by atoms with van der Waals surface area (Å²) in [4.78, 5) is 40.4. The summed E-state index contributed by atoms with van der Waals surface area (Å²) < 4.78 is 2.02. The summed E-state index contributed by atoms with van der Waals surface area (Å²) >= 11 is 5.51. The van der Waals surface area contributed by atoms with Gasteiger partial charge >= 0.3 is 5.69 Å². The number of nitrogens with zero attached hydrogens (tertiary/aromatic N) is 3. The highest BCUT2D eigenvalue weighted by molar-refractivity contribution is 6.29. The number of aryl methyl sites for hydroxylation is 1. The lowest BCUT2D eigenvalue weighted by atomic mass is 10.5. The molecule has 16 heavy (non-hydrogen) atoms. The predicted molar refractivity (Wildman–Crippen MR) is 57.9 cm³/mol. The van der Waals surface area contributed by atoms with Gasteiger partial charge in [0.1, 0.15) is 5.65 Å². The third-order valence-corrected chi connectivity index (χ3v) is 2.53. The van der Waals surface area contributed by atoms with Gasteiger partial charge < -0.3 is 4.98 Å². The lowest BCUT2D eigenvalue weighted by molar-refractivity contribution is 0.703. The second-order valence-electron chi connectivity index (χ2n) is 3.26. The maximum Gasteiger partial charge on any atom is 0.332 e. The van der Waals surface area contributed by atoms with Crippen molar-refractivity contribution in [2.75, 3.05) is 0 Å². The van der Waals surface area contributed by atoms with Crippen LogP contribution in [-0.2, 0) is 14.1 Å². The van der Waals surface area contributed by atoms with Crippen molar-refractivity contribution < 1.29 is 0 Å². The number of halogens is 1. The predicted octanol–water partition coefficient (Wildman–Crippen LogP) is -1.03. The highest BCUT2D eigenvalue weighted by Crippen LogP contribution is 2.01. The fraction of sp³-hybridized carbons (Fsp3) is 0.250. The number of nitrogens with one attached hydrogen (secondary N) is 1. The first-order valence-corrected chi connectivity index (χ1v) is 4.67. The molecule has 0 atom stereocenters. The Kier molecular flexibility index (Phi) is 2.20. The Labute approximate surface area is 92.9 Å². The van der Waals surface area contributed by atoms with E-state index in [-0.39, 0.29) is 16.3 Å². The summed E-state index contributed by atoms with van der Waals surface area (Å²) in [5.41, 5.74) is -1.78. The van der Waals surface area contributed by atoms with Crippen LogP contribution in [0.2, 0.25) is 5.15 Å². The Hall–Kier alpha value is -1.89. The molecule has 0 radical (unpaired) electrons. The molecule has 0 spiro atoms. The van der Waals surface area contributed by atoms with Gasteiger partial charge in [0.2, 0.25) is 0 Å². The van der Waals surface area contributed by atoms with Crippen molar-refractivity contribution >= 4 is 22.8 Å². The van der Waals surface area contributed by atoms with E-state index < -0.39 is 16.8 Å². The summed E-state index contributed by atoms with van der Waals surface area (Å²) in [5, 5.41) is -0.330. The van der Waals surface area contributed by atoms with E-state index in [0.29, 0.717) is 0 Å². The molecular formula is C8H7ClN4O3. The van der Waals surface area contributed by atoms with E-state index >= 15 is 0 Å². The van der Waals surface area contributed by atoms with E-state index in [9.17, 15) is 14.4 Å². The van der Waals surface area contributed by atoms with Gasteiger partial charge in [-0.15, -0.1) is 0 Å². The van der Waals surface area contributed by atoms with E-state index in [4.69, 9.17) is 11.6 Å². The van der Waals surface area contributed by atoms with Crippen molar-refractivity contribution in [3.8, 4) is 0 Å². The third kappa shape index (κ3) is 1.28. The number of aromatic nitrogens is 4. The average Bonchev–Trinajstić information content (AvgIpc) is 2.26. The molecule has 8 heteroatoms. The molecular weight excluding hydrogens is 236 g/mol. The van der Waals surface area contributed by atoms with Crippen molar-refractivity contribution in [2.24, 2.45) is 14.1 Å². The van der Waals surface area contributed by atoms with Crippen LogP contribution in [0.5, 0.6) is 0 Å². The largest absolute Gasteiger partial charge is 0.332 e. The standard InChI is InChI=1S/C8H7ClN4O3/c1-12-5-3(7(15)13(2)8(12)16)10-4(9)6(14)11-5/h1-2H3,(H,11,14). The van der Waals surface area contributed by atoms with Crippen molar-refractivity contribution in [3.63, 3.8) is 0 Å². The summed E-state index contributed by atoms with van der Waals surface area (Å²) in [6, 6.07) is 0. The topological polar surface area (TPSA) is 89.8 Å². The molecule has 0 amide bonds. The molecule has 0 aromatic carbocycles. The van der Waals surface area contributed by atoms with Gasteiger partial charge in [-0.25, -0.2) is 9.78 Å². The second-order valence-corrected chi connectivity index (χ2v) is 3.62. The van der Waals surface area contributed by atoms with Gasteiger partial charge in [-0.2, -0.15) is 0 Å². The molecule has 84 valence electrons. The van der Waals surface area contributed by atoms with Crippen molar-refractivity contribution in [1.29, 1.82) is 0 Å². The Bertz CT molecular complexity index is 755. The van der Waals surface area contributed by atoms with E-state index in [1.54, 1.807) is 0 Å². The Morgan fingerprint density at radius 3 is 2.44 bits per heavy atom. The first-order valence-electron chi connectivity index (χ1n) is 4.29. The van der Waals surface area contributed by atoms with Gasteiger partial charge in [0, 0.05) is 14.1 Å². The van der Waals surface area contributed by atoms with E-state index in [2.05, 4.69) is 9.97 Å². The van der Waals surface area contributed by atoms with E-state index in [0.717, 1.165) is 9.13 Å². The zero-order valence-corrected chi connectivity index (χ0v) is 9.20. The van der Waals surface area contributed by atoms with Gasteiger partial charge in [0.05, 0.1) is 0 Å². The molecule has 2 rings (SSSR count). The third-order valence-electron chi connectivity index (χ3n) is 2.27. The van der Waals surface area contributed by atoms with Gasteiger partial charge in [0.15, 0.2) is 10.7 Å². The molecule has 0 fully saturated rings. The minimum absolute atomic E-state index is 0.0470. The molecule has 7 nitrogen and oxygen atoms in total. The van der Waals surface area contributed by atoms with Gasteiger partial charge in [-0.05, 0) is 0 Å². The number of rotatable bonds is 0. The van der Waals surface area contributed by atoms with Crippen molar-refractivity contribution in [3.05, 3.63) is 36.3 Å². The summed E-state index contributed by atoms with van der Waals surface area (Å²) in [5.74, 6) is 0. The van der Waals surface area contributed by atoms with Crippen molar-refractivity contribution in [2.45, 2.75) is 0 Å². The van der Waals surface area contributed by atoms with E-state index in [1.807, 2.05) is 0 Å². The van der Waals surface area contributed by atoms with Crippen LogP contribution in [0.3, 0.4) is 0 Å². The Morgan fingerprint density at radius 1 is 1.19 bits per heavy atom. The molecule has 2 heterocycles. The molecule has 1 N–H and O–H groups in total. The first-order chi connectivity index (χ1) is 7.43. The van der Waals surface area contributed by atoms with Crippen LogP contribution in [0.1, 0.15) is 0 Å². The summed E-state index contributed by atoms with van der Waals surface area (Å²) in [7, 11) is 2.75. The normalized spacial score (nSPS) is 10.9. The zero-order valence-electron chi connectivity index (χ0n) is 8.44. The SMILES string of the molecule is Cn1c(=O)c2nc(Cl)c(=O)[nH]c2n(C)c1=O. The molecule has 0 saturated heterocycles. The van der Waals surface area contributed by atoms with Crippen LogP contribution in [-0.4, -0.2) is 19.1 Å². The molecule has 0 bridgehead atoms. The lowest BCUT2D eigenvalue weighted by Gasteiger charge is -2.05. The maximum absolute atomic E-state index is 11.7. The first kappa shape index (κ1) is 10.6.